The van der Waals surface area contributed by atoms with Crippen LogP contribution in [0.5, 0.6) is 0 Å². The van der Waals surface area contributed by atoms with Gasteiger partial charge in [0.2, 0.25) is 0 Å². The number of thiazole rings is 1. The van der Waals surface area contributed by atoms with Crippen molar-refractivity contribution in [3.8, 4) is 0 Å². The Labute approximate surface area is 107 Å². The average Bonchev–Trinajstić information content (AvgIpc) is 2.58. The molecule has 0 unspecified atom stereocenters. The quantitative estimate of drug-likeness (QED) is 0.840. The van der Waals surface area contributed by atoms with Gasteiger partial charge in [0.15, 0.2) is 0 Å². The van der Waals surface area contributed by atoms with Crippen molar-refractivity contribution < 1.29 is 4.74 Å². The SMILES string of the molecule is Cc1nc(COCC2(N)CCCCCC2)cs1. The van der Waals surface area contributed by atoms with Gasteiger partial charge in [-0.25, -0.2) is 4.98 Å². The van der Waals surface area contributed by atoms with Gasteiger partial charge in [-0.1, -0.05) is 25.7 Å². The molecule has 96 valence electrons. The van der Waals surface area contributed by atoms with Crippen LogP contribution in [-0.4, -0.2) is 17.1 Å². The molecular weight excluding hydrogens is 232 g/mol. The van der Waals surface area contributed by atoms with Crippen molar-refractivity contribution in [2.24, 2.45) is 5.73 Å². The van der Waals surface area contributed by atoms with Gasteiger partial charge in [-0.05, 0) is 19.8 Å². The summed E-state index contributed by atoms with van der Waals surface area (Å²) in [5.41, 5.74) is 7.32. The Kier molecular flexibility index (Phi) is 4.54. The normalized spacial score (nSPS) is 20.1. The molecule has 0 aliphatic heterocycles. The molecule has 2 N–H and O–H groups in total. The van der Waals surface area contributed by atoms with Crippen LogP contribution in [0.1, 0.15) is 49.2 Å². The predicted molar refractivity (Wildman–Crippen MR) is 71.1 cm³/mol. The molecule has 0 saturated heterocycles. The third-order valence-corrected chi connectivity index (χ3v) is 4.23. The first-order chi connectivity index (χ1) is 8.18. The van der Waals surface area contributed by atoms with E-state index in [1.165, 1.54) is 25.7 Å². The van der Waals surface area contributed by atoms with Crippen molar-refractivity contribution in [3.63, 3.8) is 0 Å². The van der Waals surface area contributed by atoms with E-state index in [-0.39, 0.29) is 5.54 Å². The first kappa shape index (κ1) is 13.0. The van der Waals surface area contributed by atoms with Gasteiger partial charge in [-0.15, -0.1) is 11.3 Å². The highest BCUT2D eigenvalue weighted by atomic mass is 32.1. The van der Waals surface area contributed by atoms with E-state index in [0.717, 1.165) is 23.5 Å². The number of nitrogens with zero attached hydrogens (tertiary/aromatic N) is 1. The van der Waals surface area contributed by atoms with E-state index >= 15 is 0 Å². The topological polar surface area (TPSA) is 48.1 Å². The number of hydrogen-bond acceptors (Lipinski definition) is 4. The molecule has 0 amide bonds. The highest BCUT2D eigenvalue weighted by molar-refractivity contribution is 7.09. The van der Waals surface area contributed by atoms with Crippen LogP contribution in [0.3, 0.4) is 0 Å². The van der Waals surface area contributed by atoms with E-state index in [0.29, 0.717) is 13.2 Å². The molecule has 1 saturated carbocycles. The maximum Gasteiger partial charge on any atom is 0.0898 e. The number of hydrogen-bond donors (Lipinski definition) is 1. The lowest BCUT2D eigenvalue weighted by Crippen LogP contribution is -2.43. The standard InChI is InChI=1S/C13H22N2OS/c1-11-15-12(9-17-11)8-16-10-13(14)6-4-2-3-5-7-13/h9H,2-8,10,14H2,1H3. The highest BCUT2D eigenvalue weighted by Gasteiger charge is 2.26. The lowest BCUT2D eigenvalue weighted by molar-refractivity contribution is 0.0651. The van der Waals surface area contributed by atoms with Crippen LogP contribution in [0.15, 0.2) is 5.38 Å². The zero-order chi connectivity index (χ0) is 12.1. The van der Waals surface area contributed by atoms with Crippen LogP contribution in [-0.2, 0) is 11.3 Å². The molecule has 0 spiro atoms. The Morgan fingerprint density at radius 3 is 2.65 bits per heavy atom. The summed E-state index contributed by atoms with van der Waals surface area (Å²) in [6.45, 7) is 3.29. The molecular formula is C13H22N2OS. The minimum atomic E-state index is -0.0957. The monoisotopic (exact) mass is 254 g/mol. The number of aryl methyl sites for hydroxylation is 1. The van der Waals surface area contributed by atoms with Crippen LogP contribution >= 0.6 is 11.3 Å². The Morgan fingerprint density at radius 1 is 1.35 bits per heavy atom. The van der Waals surface area contributed by atoms with Gasteiger partial charge in [0.1, 0.15) is 0 Å². The third-order valence-electron chi connectivity index (χ3n) is 3.41. The minimum Gasteiger partial charge on any atom is -0.373 e. The lowest BCUT2D eigenvalue weighted by atomic mass is 9.93. The highest BCUT2D eigenvalue weighted by Crippen LogP contribution is 2.25. The van der Waals surface area contributed by atoms with Crippen molar-refractivity contribution in [1.29, 1.82) is 0 Å². The first-order valence-corrected chi connectivity index (χ1v) is 7.34. The number of aromatic nitrogens is 1. The van der Waals surface area contributed by atoms with Crippen LogP contribution in [0.2, 0.25) is 0 Å². The van der Waals surface area contributed by atoms with E-state index in [9.17, 15) is 0 Å². The molecule has 17 heavy (non-hydrogen) atoms. The smallest absolute Gasteiger partial charge is 0.0898 e. The first-order valence-electron chi connectivity index (χ1n) is 6.46. The number of ether oxygens (including phenoxy) is 1. The van der Waals surface area contributed by atoms with Crippen molar-refractivity contribution in [2.75, 3.05) is 6.61 Å². The van der Waals surface area contributed by atoms with Crippen molar-refractivity contribution in [1.82, 2.24) is 4.98 Å². The van der Waals surface area contributed by atoms with Crippen LogP contribution in [0, 0.1) is 6.92 Å². The summed E-state index contributed by atoms with van der Waals surface area (Å²) < 4.78 is 5.75. The van der Waals surface area contributed by atoms with Crippen LogP contribution in [0.25, 0.3) is 0 Å². The van der Waals surface area contributed by atoms with Gasteiger partial charge in [0.05, 0.1) is 23.9 Å². The number of nitrogens with two attached hydrogens (primary N) is 1. The fourth-order valence-corrected chi connectivity index (χ4v) is 3.01. The van der Waals surface area contributed by atoms with Crippen LogP contribution in [0.4, 0.5) is 0 Å². The molecule has 0 atom stereocenters. The molecule has 1 fully saturated rings. The van der Waals surface area contributed by atoms with Gasteiger partial charge in [-0.3, -0.25) is 0 Å². The van der Waals surface area contributed by atoms with Gasteiger partial charge in [0.25, 0.3) is 0 Å². The summed E-state index contributed by atoms with van der Waals surface area (Å²) >= 11 is 1.67. The number of rotatable bonds is 4. The summed E-state index contributed by atoms with van der Waals surface area (Å²) in [4.78, 5) is 4.39. The fourth-order valence-electron chi connectivity index (χ4n) is 2.41. The molecule has 1 aliphatic carbocycles. The second-order valence-electron chi connectivity index (χ2n) is 5.13. The van der Waals surface area contributed by atoms with E-state index < -0.39 is 0 Å². The van der Waals surface area contributed by atoms with Crippen molar-refractivity contribution in [3.05, 3.63) is 16.1 Å². The summed E-state index contributed by atoms with van der Waals surface area (Å²) in [5, 5.41) is 3.16. The zero-order valence-electron chi connectivity index (χ0n) is 10.6. The van der Waals surface area contributed by atoms with E-state index in [2.05, 4.69) is 10.4 Å². The Balaban J connectivity index is 1.76. The largest absolute Gasteiger partial charge is 0.373 e. The maximum atomic E-state index is 6.39. The van der Waals surface area contributed by atoms with Crippen molar-refractivity contribution >= 4 is 11.3 Å². The summed E-state index contributed by atoms with van der Waals surface area (Å²) in [7, 11) is 0. The Bertz CT molecular complexity index is 343. The fraction of sp³-hybridized carbons (Fsp3) is 0.769. The lowest BCUT2D eigenvalue weighted by Gasteiger charge is -2.27. The Hall–Kier alpha value is -0.450. The molecule has 4 heteroatoms. The molecule has 1 heterocycles. The summed E-state index contributed by atoms with van der Waals surface area (Å²) in [6.07, 6.45) is 7.34. The molecule has 0 aromatic carbocycles. The third kappa shape index (κ3) is 4.05. The van der Waals surface area contributed by atoms with E-state index in [1.807, 2.05) is 6.92 Å². The molecule has 1 aliphatic rings. The minimum absolute atomic E-state index is 0.0957. The van der Waals surface area contributed by atoms with Crippen molar-refractivity contribution in [2.45, 2.75) is 57.6 Å². The second kappa shape index (κ2) is 5.94. The molecule has 0 bridgehead atoms. The zero-order valence-corrected chi connectivity index (χ0v) is 11.4. The van der Waals surface area contributed by atoms with Gasteiger partial charge < -0.3 is 10.5 Å². The van der Waals surface area contributed by atoms with Crippen LogP contribution < -0.4 is 5.73 Å². The van der Waals surface area contributed by atoms with E-state index in [4.69, 9.17) is 10.5 Å². The maximum absolute atomic E-state index is 6.39. The Morgan fingerprint density at radius 2 is 2.06 bits per heavy atom. The molecule has 3 nitrogen and oxygen atoms in total. The summed E-state index contributed by atoms with van der Waals surface area (Å²) in [5.74, 6) is 0. The van der Waals surface area contributed by atoms with E-state index in [1.54, 1.807) is 11.3 Å². The predicted octanol–water partition coefficient (Wildman–Crippen LogP) is 3.02. The summed E-state index contributed by atoms with van der Waals surface area (Å²) in [6, 6.07) is 0. The average molecular weight is 254 g/mol. The van der Waals surface area contributed by atoms with Gasteiger partial charge >= 0.3 is 0 Å². The van der Waals surface area contributed by atoms with Gasteiger partial charge in [0, 0.05) is 10.9 Å². The van der Waals surface area contributed by atoms with Gasteiger partial charge in [-0.2, -0.15) is 0 Å². The molecule has 2 rings (SSSR count). The molecule has 1 aromatic rings. The second-order valence-corrected chi connectivity index (χ2v) is 6.19. The molecule has 1 aromatic heterocycles. The molecule has 0 radical (unpaired) electrons.